The van der Waals surface area contributed by atoms with E-state index in [0.717, 1.165) is 24.8 Å². The normalized spacial score (nSPS) is 12.9. The van der Waals surface area contributed by atoms with Crippen molar-refractivity contribution in [2.75, 3.05) is 0 Å². The van der Waals surface area contributed by atoms with Crippen molar-refractivity contribution in [2.45, 2.75) is 40.0 Å². The monoisotopic (exact) mass is 184 g/mol. The van der Waals surface area contributed by atoms with E-state index in [1.54, 1.807) is 0 Å². The lowest BCUT2D eigenvalue weighted by molar-refractivity contribution is -0.142. The number of aliphatic carboxylic acids is 1. The van der Waals surface area contributed by atoms with Crippen molar-refractivity contribution < 1.29 is 9.90 Å². The van der Waals surface area contributed by atoms with Crippen LogP contribution in [0.25, 0.3) is 0 Å². The van der Waals surface area contributed by atoms with Gasteiger partial charge in [0.25, 0.3) is 0 Å². The summed E-state index contributed by atoms with van der Waals surface area (Å²) in [5.41, 5.74) is 1.06. The van der Waals surface area contributed by atoms with Crippen LogP contribution in [-0.4, -0.2) is 11.1 Å². The van der Waals surface area contributed by atoms with E-state index in [1.165, 1.54) is 0 Å². The van der Waals surface area contributed by atoms with Gasteiger partial charge in [-0.3, -0.25) is 4.79 Å². The molecular formula is C11H20O2. The molecule has 0 spiro atoms. The van der Waals surface area contributed by atoms with Crippen LogP contribution in [-0.2, 0) is 4.79 Å². The average molecular weight is 184 g/mol. The summed E-state index contributed by atoms with van der Waals surface area (Å²) in [5.74, 6) is -0.419. The van der Waals surface area contributed by atoms with Crippen molar-refractivity contribution in [3.63, 3.8) is 0 Å². The highest BCUT2D eigenvalue weighted by atomic mass is 16.4. The van der Waals surface area contributed by atoms with E-state index in [0.29, 0.717) is 5.92 Å². The summed E-state index contributed by atoms with van der Waals surface area (Å²) in [5, 5.41) is 8.91. The van der Waals surface area contributed by atoms with Crippen LogP contribution in [0.3, 0.4) is 0 Å². The number of hydrogen-bond acceptors (Lipinski definition) is 1. The molecule has 0 saturated carbocycles. The first kappa shape index (κ1) is 12.2. The van der Waals surface area contributed by atoms with Gasteiger partial charge in [-0.25, -0.2) is 0 Å². The Bertz CT molecular complexity index is 183. The Morgan fingerprint density at radius 3 is 2.31 bits per heavy atom. The zero-order chi connectivity index (χ0) is 10.4. The van der Waals surface area contributed by atoms with Crippen molar-refractivity contribution >= 4 is 5.97 Å². The van der Waals surface area contributed by atoms with Gasteiger partial charge in [0.1, 0.15) is 0 Å². The molecule has 0 fully saturated rings. The van der Waals surface area contributed by atoms with Crippen LogP contribution in [0, 0.1) is 11.8 Å². The van der Waals surface area contributed by atoms with Crippen LogP contribution in [0.4, 0.5) is 0 Å². The summed E-state index contributed by atoms with van der Waals surface area (Å²) in [4.78, 5) is 10.8. The first-order valence-corrected chi connectivity index (χ1v) is 4.80. The zero-order valence-corrected chi connectivity index (χ0v) is 8.84. The van der Waals surface area contributed by atoms with E-state index in [2.05, 4.69) is 20.4 Å². The van der Waals surface area contributed by atoms with Crippen LogP contribution in [0.15, 0.2) is 12.2 Å². The van der Waals surface area contributed by atoms with Crippen molar-refractivity contribution in [1.29, 1.82) is 0 Å². The first-order valence-electron chi connectivity index (χ1n) is 4.80. The van der Waals surface area contributed by atoms with Gasteiger partial charge in [0.05, 0.1) is 5.92 Å². The molecular weight excluding hydrogens is 164 g/mol. The largest absolute Gasteiger partial charge is 0.481 e. The summed E-state index contributed by atoms with van der Waals surface area (Å²) in [7, 11) is 0. The highest BCUT2D eigenvalue weighted by Gasteiger charge is 2.17. The minimum atomic E-state index is -0.671. The summed E-state index contributed by atoms with van der Waals surface area (Å²) >= 11 is 0. The molecule has 13 heavy (non-hydrogen) atoms. The summed E-state index contributed by atoms with van der Waals surface area (Å²) in [6.45, 7) is 9.82. The zero-order valence-electron chi connectivity index (χ0n) is 8.84. The van der Waals surface area contributed by atoms with E-state index >= 15 is 0 Å². The second kappa shape index (κ2) is 5.79. The highest BCUT2D eigenvalue weighted by molar-refractivity contribution is 5.69. The van der Waals surface area contributed by atoms with Gasteiger partial charge in [-0.05, 0) is 32.1 Å². The van der Waals surface area contributed by atoms with Gasteiger partial charge in [0, 0.05) is 0 Å². The molecule has 0 aromatic rings. The van der Waals surface area contributed by atoms with Crippen LogP contribution < -0.4 is 0 Å². The summed E-state index contributed by atoms with van der Waals surface area (Å²) in [6, 6.07) is 0. The van der Waals surface area contributed by atoms with Crippen LogP contribution in [0.5, 0.6) is 0 Å². The maximum atomic E-state index is 10.8. The predicted octanol–water partition coefficient (Wildman–Crippen LogP) is 3.09. The fourth-order valence-corrected chi connectivity index (χ4v) is 1.33. The molecule has 0 aliphatic carbocycles. The molecule has 1 atom stereocenters. The molecule has 0 aromatic heterocycles. The second-order valence-electron chi connectivity index (χ2n) is 4.16. The second-order valence-corrected chi connectivity index (χ2v) is 4.16. The number of carbonyl (C=O) groups is 1. The Kier molecular flexibility index (Phi) is 5.44. The highest BCUT2D eigenvalue weighted by Crippen LogP contribution is 2.19. The molecule has 2 nitrogen and oxygen atoms in total. The maximum absolute atomic E-state index is 10.8. The minimum absolute atomic E-state index is 0.198. The molecule has 1 N–H and O–H groups in total. The molecule has 0 bridgehead atoms. The van der Waals surface area contributed by atoms with E-state index in [9.17, 15) is 4.79 Å². The quantitative estimate of drug-likeness (QED) is 0.644. The van der Waals surface area contributed by atoms with Crippen LogP contribution in [0.2, 0.25) is 0 Å². The van der Waals surface area contributed by atoms with Gasteiger partial charge in [-0.1, -0.05) is 19.4 Å². The van der Waals surface area contributed by atoms with Crippen LogP contribution in [0.1, 0.15) is 40.0 Å². The molecule has 0 aromatic carbocycles. The van der Waals surface area contributed by atoms with E-state index in [-0.39, 0.29) is 5.92 Å². The lowest BCUT2D eigenvalue weighted by Gasteiger charge is -2.14. The molecule has 0 saturated heterocycles. The molecule has 1 unspecified atom stereocenters. The van der Waals surface area contributed by atoms with Crippen molar-refractivity contribution in [3.8, 4) is 0 Å². The molecule has 0 radical (unpaired) electrons. The average Bonchev–Trinajstić information content (AvgIpc) is 1.96. The number of allylic oxidation sites excluding steroid dienone is 1. The molecule has 0 rings (SSSR count). The SMILES string of the molecule is C=C(C)CCC(CC(C)C)C(=O)O. The van der Waals surface area contributed by atoms with E-state index in [4.69, 9.17) is 5.11 Å². The van der Waals surface area contributed by atoms with Gasteiger partial charge < -0.3 is 5.11 Å². The molecule has 0 amide bonds. The summed E-state index contributed by atoms with van der Waals surface area (Å²) < 4.78 is 0. The van der Waals surface area contributed by atoms with Crippen LogP contribution >= 0.6 is 0 Å². The maximum Gasteiger partial charge on any atom is 0.306 e. The standard InChI is InChI=1S/C11H20O2/c1-8(2)5-6-10(11(12)13)7-9(3)4/h9-10H,1,5-7H2,2-4H3,(H,12,13). The van der Waals surface area contributed by atoms with Gasteiger partial charge in [-0.2, -0.15) is 0 Å². The predicted molar refractivity (Wildman–Crippen MR) is 54.6 cm³/mol. The number of hydrogen-bond donors (Lipinski definition) is 1. The number of carboxylic acids is 1. The molecule has 0 aliphatic rings. The van der Waals surface area contributed by atoms with Gasteiger partial charge >= 0.3 is 5.97 Å². The molecule has 2 heteroatoms. The van der Waals surface area contributed by atoms with E-state index in [1.807, 2.05) is 6.92 Å². The van der Waals surface area contributed by atoms with Gasteiger partial charge in [-0.15, -0.1) is 6.58 Å². The Morgan fingerprint density at radius 2 is 2.00 bits per heavy atom. The van der Waals surface area contributed by atoms with Crippen molar-refractivity contribution in [1.82, 2.24) is 0 Å². The Hall–Kier alpha value is -0.790. The van der Waals surface area contributed by atoms with Gasteiger partial charge in [0.15, 0.2) is 0 Å². The Morgan fingerprint density at radius 1 is 1.46 bits per heavy atom. The third-order valence-electron chi connectivity index (χ3n) is 2.02. The molecule has 76 valence electrons. The lowest BCUT2D eigenvalue weighted by Crippen LogP contribution is -2.15. The van der Waals surface area contributed by atoms with Crippen molar-refractivity contribution in [2.24, 2.45) is 11.8 Å². The Labute approximate surface area is 80.7 Å². The van der Waals surface area contributed by atoms with Gasteiger partial charge in [0.2, 0.25) is 0 Å². The first-order chi connectivity index (χ1) is 5.93. The topological polar surface area (TPSA) is 37.3 Å². The number of rotatable bonds is 6. The molecule has 0 heterocycles. The lowest BCUT2D eigenvalue weighted by atomic mass is 9.92. The summed E-state index contributed by atoms with van der Waals surface area (Å²) in [6.07, 6.45) is 2.31. The third kappa shape index (κ3) is 6.38. The molecule has 0 aliphatic heterocycles. The third-order valence-corrected chi connectivity index (χ3v) is 2.02. The smallest absolute Gasteiger partial charge is 0.306 e. The number of carboxylic acid groups (broad SMARTS) is 1. The Balaban J connectivity index is 3.95. The fraction of sp³-hybridized carbons (Fsp3) is 0.727. The minimum Gasteiger partial charge on any atom is -0.481 e. The fourth-order valence-electron chi connectivity index (χ4n) is 1.33. The van der Waals surface area contributed by atoms with E-state index < -0.39 is 5.97 Å². The van der Waals surface area contributed by atoms with Crippen molar-refractivity contribution in [3.05, 3.63) is 12.2 Å².